The van der Waals surface area contributed by atoms with Gasteiger partial charge in [0.05, 0.1) is 11.2 Å². The Bertz CT molecular complexity index is 1340. The molecule has 2 fully saturated rings. The Morgan fingerprint density at radius 2 is 2.03 bits per heavy atom. The van der Waals surface area contributed by atoms with Gasteiger partial charge in [0.15, 0.2) is 11.9 Å². The van der Waals surface area contributed by atoms with Gasteiger partial charge >= 0.3 is 0 Å². The van der Waals surface area contributed by atoms with Crippen molar-refractivity contribution in [1.29, 1.82) is 0 Å². The van der Waals surface area contributed by atoms with Gasteiger partial charge in [0.25, 0.3) is 5.92 Å². The molecule has 0 N–H and O–H groups in total. The zero-order valence-electron chi connectivity index (χ0n) is 20.7. The summed E-state index contributed by atoms with van der Waals surface area (Å²) >= 11 is 6.11. The van der Waals surface area contributed by atoms with Crippen LogP contribution in [0.4, 0.5) is 13.2 Å². The smallest absolute Gasteiger partial charge is 0.276 e. The fourth-order valence-corrected chi connectivity index (χ4v) is 5.89. The second-order valence-electron chi connectivity index (χ2n) is 10.4. The number of benzene rings is 1. The van der Waals surface area contributed by atoms with Crippen molar-refractivity contribution in [3.05, 3.63) is 63.8 Å². The average molecular weight is 533 g/mol. The van der Waals surface area contributed by atoms with Gasteiger partial charge in [-0.25, -0.2) is 13.2 Å². The standard InChI is InChI=1S/C26H28ClF3N6O/c1-34(2)32-11-19-20(13-37)22(27)6-5-21(19)26(29,30)18-9-25(10-18)14-35(15-25)7-3-4-17-8-24-33-31-16-36(24)12-23(17)28/h5-6,8,11-13,16,18H,3-4,7,9-10,14-15H2,1-2H3/b32-11-. The van der Waals surface area contributed by atoms with Gasteiger partial charge in [-0.05, 0) is 55.3 Å². The van der Waals surface area contributed by atoms with E-state index in [0.29, 0.717) is 36.8 Å². The molecule has 3 aromatic rings. The molecule has 1 saturated carbocycles. The highest BCUT2D eigenvalue weighted by molar-refractivity contribution is 6.33. The first-order valence-electron chi connectivity index (χ1n) is 12.2. The number of carbonyl (C=O) groups is 1. The number of aromatic nitrogens is 3. The minimum atomic E-state index is -3.11. The Morgan fingerprint density at radius 1 is 1.27 bits per heavy atom. The van der Waals surface area contributed by atoms with Crippen LogP contribution in [0.25, 0.3) is 5.65 Å². The molecule has 11 heteroatoms. The van der Waals surface area contributed by atoms with Crippen LogP contribution in [-0.2, 0) is 12.3 Å². The molecular formula is C26H28ClF3N6O. The number of hydrogen-bond acceptors (Lipinski definition) is 6. The van der Waals surface area contributed by atoms with E-state index in [4.69, 9.17) is 11.6 Å². The van der Waals surface area contributed by atoms with E-state index < -0.39 is 11.8 Å². The van der Waals surface area contributed by atoms with Crippen LogP contribution in [0, 0.1) is 17.2 Å². The summed E-state index contributed by atoms with van der Waals surface area (Å²) in [6, 6.07) is 4.37. The Kier molecular flexibility index (Phi) is 6.74. The number of aryl methyl sites for hydroxylation is 1. The van der Waals surface area contributed by atoms with E-state index in [1.165, 1.54) is 35.9 Å². The maximum absolute atomic E-state index is 15.7. The van der Waals surface area contributed by atoms with E-state index in [2.05, 4.69) is 20.2 Å². The third-order valence-electron chi connectivity index (χ3n) is 7.50. The Labute approximate surface area is 217 Å². The summed E-state index contributed by atoms with van der Waals surface area (Å²) in [6.07, 6.45) is 6.80. The zero-order valence-corrected chi connectivity index (χ0v) is 21.4. The molecule has 0 atom stereocenters. The lowest BCUT2D eigenvalue weighted by Gasteiger charge is -2.60. The van der Waals surface area contributed by atoms with Crippen molar-refractivity contribution in [3.63, 3.8) is 0 Å². The van der Waals surface area contributed by atoms with Gasteiger partial charge in [0, 0.05) is 56.0 Å². The van der Waals surface area contributed by atoms with Crippen LogP contribution in [0.15, 0.2) is 35.8 Å². The quantitative estimate of drug-likeness (QED) is 0.228. The third kappa shape index (κ3) is 4.84. The van der Waals surface area contributed by atoms with E-state index in [9.17, 15) is 9.18 Å². The predicted molar refractivity (Wildman–Crippen MR) is 135 cm³/mol. The van der Waals surface area contributed by atoms with E-state index in [-0.39, 0.29) is 32.9 Å². The van der Waals surface area contributed by atoms with Crippen LogP contribution >= 0.6 is 11.6 Å². The Balaban J connectivity index is 1.18. The number of rotatable bonds is 9. The first kappa shape index (κ1) is 25.7. The lowest BCUT2D eigenvalue weighted by atomic mass is 9.55. The molecule has 1 aromatic carbocycles. The number of carbonyl (C=O) groups excluding carboxylic acids is 1. The molecule has 1 spiro atoms. The lowest BCUT2D eigenvalue weighted by Crippen LogP contribution is -2.64. The predicted octanol–water partition coefficient (Wildman–Crippen LogP) is 4.67. The van der Waals surface area contributed by atoms with E-state index in [1.807, 2.05) is 0 Å². The second-order valence-corrected chi connectivity index (χ2v) is 10.8. The molecule has 0 amide bonds. The number of hydrogen-bond donors (Lipinski definition) is 0. The molecule has 3 heterocycles. The molecular weight excluding hydrogens is 505 g/mol. The maximum Gasteiger partial charge on any atom is 0.276 e. The summed E-state index contributed by atoms with van der Waals surface area (Å²) in [6.45, 7) is 2.31. The van der Waals surface area contributed by atoms with Crippen LogP contribution in [-0.4, -0.2) is 70.7 Å². The van der Waals surface area contributed by atoms with Crippen molar-refractivity contribution in [2.24, 2.45) is 16.4 Å². The number of hydrazone groups is 1. The first-order chi connectivity index (χ1) is 17.6. The normalized spacial score (nSPS) is 17.9. The molecule has 7 nitrogen and oxygen atoms in total. The van der Waals surface area contributed by atoms with Crippen molar-refractivity contribution in [3.8, 4) is 0 Å². The van der Waals surface area contributed by atoms with Crippen LogP contribution in [0.5, 0.6) is 0 Å². The van der Waals surface area contributed by atoms with Gasteiger partial charge in [-0.3, -0.25) is 9.20 Å². The van der Waals surface area contributed by atoms with Gasteiger partial charge in [-0.2, -0.15) is 5.10 Å². The molecule has 37 heavy (non-hydrogen) atoms. The largest absolute Gasteiger partial charge is 0.303 e. The van der Waals surface area contributed by atoms with Crippen LogP contribution < -0.4 is 0 Å². The average Bonchev–Trinajstić information content (AvgIpc) is 3.24. The van der Waals surface area contributed by atoms with Gasteiger partial charge in [-0.15, -0.1) is 10.2 Å². The number of alkyl halides is 2. The molecule has 1 aliphatic carbocycles. The molecule has 0 radical (unpaired) electrons. The third-order valence-corrected chi connectivity index (χ3v) is 7.83. The van der Waals surface area contributed by atoms with Crippen LogP contribution in [0.2, 0.25) is 5.02 Å². The highest BCUT2D eigenvalue weighted by Gasteiger charge is 2.60. The molecule has 1 aliphatic heterocycles. The number of likely N-dealkylation sites (tertiary alicyclic amines) is 1. The van der Waals surface area contributed by atoms with E-state index in [1.54, 1.807) is 24.6 Å². The van der Waals surface area contributed by atoms with Gasteiger partial charge in [0.1, 0.15) is 12.1 Å². The summed E-state index contributed by atoms with van der Waals surface area (Å²) in [4.78, 5) is 13.9. The Hall–Kier alpha value is -2.98. The van der Waals surface area contributed by atoms with Crippen molar-refractivity contribution in [2.45, 2.75) is 31.6 Å². The SMILES string of the molecule is CN(C)/N=C\c1c(C(F)(F)C2CC3(C2)CN(CCCc2cc4nncn4cc2F)C3)ccc(Cl)c1C=O. The minimum absolute atomic E-state index is 0.0212. The molecule has 196 valence electrons. The van der Waals surface area contributed by atoms with Crippen LogP contribution in [0.1, 0.15) is 46.3 Å². The lowest BCUT2D eigenvalue weighted by molar-refractivity contribution is -0.185. The van der Waals surface area contributed by atoms with Gasteiger partial charge < -0.3 is 9.91 Å². The monoisotopic (exact) mass is 532 g/mol. The number of fused-ring (bicyclic) bond motifs is 1. The molecule has 2 aliphatic rings. The fraction of sp³-hybridized carbons (Fsp3) is 0.462. The van der Waals surface area contributed by atoms with Crippen molar-refractivity contribution in [2.75, 3.05) is 33.7 Å². The van der Waals surface area contributed by atoms with E-state index in [0.717, 1.165) is 26.1 Å². The van der Waals surface area contributed by atoms with E-state index >= 15 is 8.78 Å². The topological polar surface area (TPSA) is 66.1 Å². The van der Waals surface area contributed by atoms with Crippen molar-refractivity contribution >= 4 is 29.7 Å². The molecule has 0 bridgehead atoms. The Morgan fingerprint density at radius 3 is 2.73 bits per heavy atom. The summed E-state index contributed by atoms with van der Waals surface area (Å²) in [5, 5.41) is 13.4. The maximum atomic E-state index is 15.7. The summed E-state index contributed by atoms with van der Waals surface area (Å²) in [5.41, 5.74) is 0.981. The highest BCUT2D eigenvalue weighted by atomic mass is 35.5. The molecule has 5 rings (SSSR count). The summed E-state index contributed by atoms with van der Waals surface area (Å²) < 4.78 is 47.1. The summed E-state index contributed by atoms with van der Waals surface area (Å²) in [5.74, 6) is -4.21. The van der Waals surface area contributed by atoms with Crippen molar-refractivity contribution < 1.29 is 18.0 Å². The number of halogens is 4. The molecule has 1 saturated heterocycles. The fourth-order valence-electron chi connectivity index (χ4n) is 5.68. The molecule has 0 unspecified atom stereocenters. The molecule has 2 aromatic heterocycles. The number of nitrogens with zero attached hydrogens (tertiary/aromatic N) is 6. The first-order valence-corrected chi connectivity index (χ1v) is 12.6. The summed E-state index contributed by atoms with van der Waals surface area (Å²) in [7, 11) is 3.34. The van der Waals surface area contributed by atoms with Gasteiger partial charge in [-0.1, -0.05) is 17.7 Å². The second kappa shape index (κ2) is 9.72. The van der Waals surface area contributed by atoms with Crippen LogP contribution in [0.3, 0.4) is 0 Å². The number of pyridine rings is 1. The zero-order chi connectivity index (χ0) is 26.4. The highest BCUT2D eigenvalue weighted by Crippen LogP contribution is 2.59. The minimum Gasteiger partial charge on any atom is -0.303 e. The van der Waals surface area contributed by atoms with Crippen molar-refractivity contribution in [1.82, 2.24) is 24.5 Å². The van der Waals surface area contributed by atoms with Gasteiger partial charge in [0.2, 0.25) is 0 Å². The number of aldehydes is 1.